The average molecular weight is 303 g/mol. The van der Waals surface area contributed by atoms with Gasteiger partial charge in [0.05, 0.1) is 21.7 Å². The Hall–Kier alpha value is -2.46. The number of hydrogen-bond donors (Lipinski definition) is 0. The second-order valence-corrected chi connectivity index (χ2v) is 5.70. The molecule has 0 atom stereocenters. The van der Waals surface area contributed by atoms with E-state index in [2.05, 4.69) is 10.9 Å². The molecule has 1 amide bonds. The first-order valence-corrected chi connectivity index (χ1v) is 7.05. The Morgan fingerprint density at radius 2 is 2.29 bits per heavy atom. The number of fused-ring (bicyclic) bond motifs is 1. The minimum absolute atomic E-state index is 0.0205. The van der Waals surface area contributed by atoms with Crippen molar-refractivity contribution in [1.29, 1.82) is 0 Å². The number of rotatable bonds is 3. The Balaban J connectivity index is 2.72. The van der Waals surface area contributed by atoms with Gasteiger partial charge in [-0.05, 0) is 6.07 Å². The van der Waals surface area contributed by atoms with Crippen molar-refractivity contribution in [2.45, 2.75) is 20.4 Å². The van der Waals surface area contributed by atoms with Crippen LogP contribution in [0, 0.1) is 28.4 Å². The summed E-state index contributed by atoms with van der Waals surface area (Å²) in [5, 5.41) is 10.9. The van der Waals surface area contributed by atoms with Crippen LogP contribution in [0.5, 0.6) is 0 Å². The minimum Gasteiger partial charge on any atom is -0.304 e. The molecule has 21 heavy (non-hydrogen) atoms. The van der Waals surface area contributed by atoms with Gasteiger partial charge in [-0.3, -0.25) is 14.9 Å². The average Bonchev–Trinajstić information content (AvgIpc) is 2.76. The molecule has 0 fully saturated rings. The maximum atomic E-state index is 11.8. The molecule has 1 aromatic carbocycles. The molecule has 0 saturated carbocycles. The number of amides is 1. The van der Waals surface area contributed by atoms with Gasteiger partial charge in [0, 0.05) is 18.1 Å². The molecule has 0 bridgehead atoms. The molecule has 0 unspecified atom stereocenters. The van der Waals surface area contributed by atoms with Gasteiger partial charge in [0.25, 0.3) is 11.6 Å². The summed E-state index contributed by atoms with van der Waals surface area (Å²) in [5.74, 6) is 2.02. The van der Waals surface area contributed by atoms with E-state index in [0.717, 1.165) is 4.70 Å². The van der Waals surface area contributed by atoms with E-state index in [4.69, 9.17) is 6.42 Å². The van der Waals surface area contributed by atoms with Crippen molar-refractivity contribution in [2.75, 3.05) is 0 Å². The molecular weight excluding hydrogens is 290 g/mol. The quantitative estimate of drug-likeness (QED) is 0.496. The summed E-state index contributed by atoms with van der Waals surface area (Å²) in [6.07, 6.45) is 5.34. The van der Waals surface area contributed by atoms with Crippen molar-refractivity contribution >= 4 is 33.1 Å². The molecule has 7 heteroatoms. The van der Waals surface area contributed by atoms with Crippen molar-refractivity contribution in [2.24, 2.45) is 10.9 Å². The molecule has 6 nitrogen and oxygen atoms in total. The van der Waals surface area contributed by atoms with Crippen LogP contribution in [0.3, 0.4) is 0 Å². The Morgan fingerprint density at radius 3 is 2.86 bits per heavy atom. The fourth-order valence-electron chi connectivity index (χ4n) is 1.72. The summed E-state index contributed by atoms with van der Waals surface area (Å²) >= 11 is 1.29. The number of thiazole rings is 1. The van der Waals surface area contributed by atoms with Crippen LogP contribution >= 0.6 is 11.3 Å². The van der Waals surface area contributed by atoms with Gasteiger partial charge in [0.15, 0.2) is 4.80 Å². The van der Waals surface area contributed by atoms with Crippen LogP contribution in [0.2, 0.25) is 0 Å². The fourth-order valence-corrected chi connectivity index (χ4v) is 2.74. The van der Waals surface area contributed by atoms with Crippen molar-refractivity contribution in [1.82, 2.24) is 4.57 Å². The monoisotopic (exact) mass is 303 g/mol. The largest absolute Gasteiger partial charge is 0.304 e. The third-order valence-electron chi connectivity index (χ3n) is 2.83. The Morgan fingerprint density at radius 1 is 1.57 bits per heavy atom. The van der Waals surface area contributed by atoms with Gasteiger partial charge in [-0.1, -0.05) is 31.1 Å². The van der Waals surface area contributed by atoms with Crippen LogP contribution in [0.15, 0.2) is 23.2 Å². The maximum Gasteiger partial charge on any atom is 0.271 e. The lowest BCUT2D eigenvalue weighted by Crippen LogP contribution is -2.18. The third kappa shape index (κ3) is 3.01. The number of nitrogens with zero attached hydrogens (tertiary/aromatic N) is 3. The fraction of sp³-hybridized carbons (Fsp3) is 0.286. The topological polar surface area (TPSA) is 77.5 Å². The van der Waals surface area contributed by atoms with E-state index in [1.54, 1.807) is 24.5 Å². The molecular formula is C14H13N3O3S. The third-order valence-corrected chi connectivity index (χ3v) is 3.88. The van der Waals surface area contributed by atoms with Gasteiger partial charge in [0.1, 0.15) is 0 Å². The zero-order valence-corrected chi connectivity index (χ0v) is 12.4. The molecule has 1 heterocycles. The number of hydrogen-bond acceptors (Lipinski definition) is 4. The highest BCUT2D eigenvalue weighted by Crippen LogP contribution is 2.23. The maximum absolute atomic E-state index is 11.8. The van der Waals surface area contributed by atoms with Crippen molar-refractivity contribution in [3.05, 3.63) is 33.1 Å². The van der Waals surface area contributed by atoms with Crippen molar-refractivity contribution < 1.29 is 9.72 Å². The normalized spacial score (nSPS) is 11.8. The van der Waals surface area contributed by atoms with Gasteiger partial charge >= 0.3 is 0 Å². The number of nitro benzene ring substituents is 1. The van der Waals surface area contributed by atoms with E-state index in [1.165, 1.54) is 23.5 Å². The van der Waals surface area contributed by atoms with E-state index < -0.39 is 4.92 Å². The number of nitro groups is 1. The lowest BCUT2D eigenvalue weighted by atomic mass is 10.2. The number of non-ortho nitro benzene ring substituents is 1. The molecule has 2 rings (SSSR count). The standard InChI is InChI=1S/C14H13N3O3S/c1-4-7-16-11-8-10(17(19)20)5-6-12(11)21-14(16)15-13(18)9(2)3/h1,5-6,8-9H,7H2,2-3H3. The molecule has 0 aliphatic rings. The van der Waals surface area contributed by atoms with E-state index >= 15 is 0 Å². The Labute approximate surface area is 124 Å². The lowest BCUT2D eigenvalue weighted by Gasteiger charge is -2.00. The van der Waals surface area contributed by atoms with Crippen LogP contribution in [0.25, 0.3) is 10.2 Å². The van der Waals surface area contributed by atoms with E-state index in [-0.39, 0.29) is 24.1 Å². The summed E-state index contributed by atoms with van der Waals surface area (Å²) in [7, 11) is 0. The van der Waals surface area contributed by atoms with Crippen LogP contribution in [-0.4, -0.2) is 15.4 Å². The molecule has 0 saturated heterocycles. The predicted octanol–water partition coefficient (Wildman–Crippen LogP) is 2.33. The first-order valence-electron chi connectivity index (χ1n) is 6.24. The van der Waals surface area contributed by atoms with Crippen LogP contribution in [0.4, 0.5) is 5.69 Å². The molecule has 0 spiro atoms. The van der Waals surface area contributed by atoms with Crippen LogP contribution in [-0.2, 0) is 11.3 Å². The number of carbonyl (C=O) groups excluding carboxylic acids is 1. The molecule has 0 aliphatic carbocycles. The molecule has 0 N–H and O–H groups in total. The minimum atomic E-state index is -0.465. The SMILES string of the molecule is C#CCn1c(=NC(=O)C(C)C)sc2ccc([N+](=O)[O-])cc21. The molecule has 0 radical (unpaired) electrons. The lowest BCUT2D eigenvalue weighted by molar-refractivity contribution is -0.384. The Bertz CT molecular complexity index is 824. The van der Waals surface area contributed by atoms with Gasteiger partial charge < -0.3 is 4.57 Å². The number of benzene rings is 1. The number of aromatic nitrogens is 1. The highest BCUT2D eigenvalue weighted by atomic mass is 32.1. The van der Waals surface area contributed by atoms with E-state index in [9.17, 15) is 14.9 Å². The van der Waals surface area contributed by atoms with Crippen molar-refractivity contribution in [3.63, 3.8) is 0 Å². The summed E-state index contributed by atoms with van der Waals surface area (Å²) in [4.78, 5) is 26.7. The van der Waals surface area contributed by atoms with Crippen molar-refractivity contribution in [3.8, 4) is 12.3 Å². The number of terminal acetylenes is 1. The first-order chi connectivity index (χ1) is 9.93. The zero-order valence-electron chi connectivity index (χ0n) is 11.6. The first kappa shape index (κ1) is 14.9. The van der Waals surface area contributed by atoms with E-state index in [0.29, 0.717) is 10.3 Å². The summed E-state index contributed by atoms with van der Waals surface area (Å²) in [6.45, 7) is 3.72. The second-order valence-electron chi connectivity index (χ2n) is 4.69. The second kappa shape index (κ2) is 5.89. The summed E-state index contributed by atoms with van der Waals surface area (Å²) in [5.41, 5.74) is 0.593. The Kier molecular flexibility index (Phi) is 4.19. The van der Waals surface area contributed by atoms with Gasteiger partial charge in [0.2, 0.25) is 0 Å². The zero-order chi connectivity index (χ0) is 15.6. The predicted molar refractivity (Wildman–Crippen MR) is 80.7 cm³/mol. The highest BCUT2D eigenvalue weighted by molar-refractivity contribution is 7.16. The van der Waals surface area contributed by atoms with Crippen LogP contribution < -0.4 is 4.80 Å². The highest BCUT2D eigenvalue weighted by Gasteiger charge is 2.13. The molecule has 2 aromatic rings. The van der Waals surface area contributed by atoms with Gasteiger partial charge in [-0.2, -0.15) is 4.99 Å². The molecule has 0 aliphatic heterocycles. The smallest absolute Gasteiger partial charge is 0.271 e. The summed E-state index contributed by atoms with van der Waals surface area (Å²) in [6, 6.07) is 4.51. The van der Waals surface area contributed by atoms with Gasteiger partial charge in [-0.15, -0.1) is 6.42 Å². The summed E-state index contributed by atoms with van der Waals surface area (Å²) < 4.78 is 2.44. The van der Waals surface area contributed by atoms with Crippen LogP contribution in [0.1, 0.15) is 13.8 Å². The van der Waals surface area contributed by atoms with Gasteiger partial charge in [-0.25, -0.2) is 0 Å². The number of carbonyl (C=O) groups is 1. The van der Waals surface area contributed by atoms with E-state index in [1.807, 2.05) is 0 Å². The molecule has 108 valence electrons. The molecule has 1 aromatic heterocycles.